The number of aliphatic hydroxyl groups is 2. The van der Waals surface area contributed by atoms with Crippen LogP contribution in [0.1, 0.15) is 26.3 Å². The van der Waals surface area contributed by atoms with E-state index in [1.807, 2.05) is 0 Å². The molecule has 0 fully saturated rings. The van der Waals surface area contributed by atoms with Gasteiger partial charge in [0.2, 0.25) is 0 Å². The van der Waals surface area contributed by atoms with Crippen molar-refractivity contribution in [1.29, 1.82) is 0 Å². The summed E-state index contributed by atoms with van der Waals surface area (Å²) in [5, 5.41) is 19.5. The van der Waals surface area contributed by atoms with Crippen LogP contribution >= 0.6 is 0 Å². The molecule has 0 saturated heterocycles. The number of aromatic nitrogens is 1. The van der Waals surface area contributed by atoms with Crippen molar-refractivity contribution in [1.82, 2.24) is 4.98 Å². The number of rotatable bonds is 1. The molecule has 1 aromatic heterocycles. The van der Waals surface area contributed by atoms with E-state index in [2.05, 4.69) is 16.8 Å². The third-order valence-corrected chi connectivity index (χ3v) is 1.85. The van der Waals surface area contributed by atoms with Crippen molar-refractivity contribution in [3.63, 3.8) is 0 Å². The van der Waals surface area contributed by atoms with Gasteiger partial charge in [0.15, 0.2) is 0 Å². The second-order valence-electron chi connectivity index (χ2n) is 4.12. The molecule has 80 valence electrons. The SMILES string of the molecule is CC(C)(O)C#C[C@@](C)(O)c1ccncc1. The van der Waals surface area contributed by atoms with Crippen molar-refractivity contribution in [2.45, 2.75) is 32.0 Å². The van der Waals surface area contributed by atoms with Crippen LogP contribution in [0.25, 0.3) is 0 Å². The van der Waals surface area contributed by atoms with Crippen LogP contribution in [0.5, 0.6) is 0 Å². The van der Waals surface area contributed by atoms with E-state index < -0.39 is 11.2 Å². The van der Waals surface area contributed by atoms with Crippen LogP contribution < -0.4 is 0 Å². The van der Waals surface area contributed by atoms with Crippen LogP contribution in [-0.4, -0.2) is 20.8 Å². The predicted molar refractivity (Wildman–Crippen MR) is 57.9 cm³/mol. The predicted octanol–water partition coefficient (Wildman–Crippen LogP) is 1.06. The highest BCUT2D eigenvalue weighted by Crippen LogP contribution is 2.18. The van der Waals surface area contributed by atoms with E-state index in [9.17, 15) is 10.2 Å². The summed E-state index contributed by atoms with van der Waals surface area (Å²) in [6.07, 6.45) is 3.19. The van der Waals surface area contributed by atoms with Gasteiger partial charge in [0.25, 0.3) is 0 Å². The summed E-state index contributed by atoms with van der Waals surface area (Å²) in [5.41, 5.74) is -1.70. The summed E-state index contributed by atoms with van der Waals surface area (Å²) in [4.78, 5) is 3.86. The number of nitrogens with zero attached hydrogens (tertiary/aromatic N) is 1. The van der Waals surface area contributed by atoms with Gasteiger partial charge in [-0.05, 0) is 38.5 Å². The molecule has 0 aromatic carbocycles. The second kappa shape index (κ2) is 4.01. The van der Waals surface area contributed by atoms with Crippen molar-refractivity contribution in [2.75, 3.05) is 0 Å². The third-order valence-electron chi connectivity index (χ3n) is 1.85. The molecule has 0 aliphatic heterocycles. The second-order valence-corrected chi connectivity index (χ2v) is 4.12. The van der Waals surface area contributed by atoms with E-state index >= 15 is 0 Å². The Balaban J connectivity index is 2.98. The average molecular weight is 205 g/mol. The molecule has 1 aromatic rings. The minimum Gasteiger partial charge on any atom is -0.378 e. The summed E-state index contributed by atoms with van der Waals surface area (Å²) < 4.78 is 0. The summed E-state index contributed by atoms with van der Waals surface area (Å²) in [5.74, 6) is 5.24. The highest BCUT2D eigenvalue weighted by atomic mass is 16.3. The molecule has 0 saturated carbocycles. The van der Waals surface area contributed by atoms with Crippen LogP contribution in [0.3, 0.4) is 0 Å². The largest absolute Gasteiger partial charge is 0.378 e. The molecule has 3 heteroatoms. The van der Waals surface area contributed by atoms with Gasteiger partial charge in [-0.2, -0.15) is 0 Å². The third kappa shape index (κ3) is 3.70. The van der Waals surface area contributed by atoms with E-state index in [0.717, 1.165) is 0 Å². The van der Waals surface area contributed by atoms with Gasteiger partial charge in [0.1, 0.15) is 11.2 Å². The molecule has 0 amide bonds. The maximum Gasteiger partial charge on any atom is 0.148 e. The van der Waals surface area contributed by atoms with Gasteiger partial charge in [-0.25, -0.2) is 0 Å². The summed E-state index contributed by atoms with van der Waals surface area (Å²) >= 11 is 0. The maximum absolute atomic E-state index is 10.0. The molecule has 0 spiro atoms. The van der Waals surface area contributed by atoms with Crippen molar-refractivity contribution in [3.8, 4) is 11.8 Å². The minimum absolute atomic E-state index is 0.661. The fraction of sp³-hybridized carbons (Fsp3) is 0.417. The molecule has 15 heavy (non-hydrogen) atoms. The van der Waals surface area contributed by atoms with Crippen molar-refractivity contribution >= 4 is 0 Å². The molecular weight excluding hydrogens is 190 g/mol. The first-order valence-electron chi connectivity index (χ1n) is 4.71. The zero-order valence-electron chi connectivity index (χ0n) is 9.15. The van der Waals surface area contributed by atoms with Gasteiger partial charge in [-0.15, -0.1) is 0 Å². The molecule has 0 radical (unpaired) electrons. The zero-order valence-corrected chi connectivity index (χ0v) is 9.15. The van der Waals surface area contributed by atoms with E-state index in [0.29, 0.717) is 5.56 Å². The maximum atomic E-state index is 10.0. The topological polar surface area (TPSA) is 53.4 Å². The first-order chi connectivity index (χ1) is 6.81. The lowest BCUT2D eigenvalue weighted by molar-refractivity contribution is 0.116. The van der Waals surface area contributed by atoms with Gasteiger partial charge in [0.05, 0.1) is 0 Å². The Kier molecular flexibility index (Phi) is 3.13. The van der Waals surface area contributed by atoms with E-state index in [1.54, 1.807) is 45.3 Å². The number of hydrogen-bond donors (Lipinski definition) is 2. The fourth-order valence-corrected chi connectivity index (χ4v) is 1.02. The molecule has 1 rings (SSSR count). The number of pyridine rings is 1. The van der Waals surface area contributed by atoms with Gasteiger partial charge >= 0.3 is 0 Å². The van der Waals surface area contributed by atoms with Crippen LogP contribution in [0.2, 0.25) is 0 Å². The zero-order chi connectivity index (χ0) is 11.5. The summed E-state index contributed by atoms with van der Waals surface area (Å²) in [6.45, 7) is 4.73. The Morgan fingerprint density at radius 1 is 1.07 bits per heavy atom. The molecular formula is C12H15NO2. The molecule has 3 nitrogen and oxygen atoms in total. The van der Waals surface area contributed by atoms with E-state index in [4.69, 9.17) is 0 Å². The highest BCUT2D eigenvalue weighted by Gasteiger charge is 2.20. The molecule has 0 aliphatic carbocycles. The molecule has 0 unspecified atom stereocenters. The van der Waals surface area contributed by atoms with Crippen LogP contribution in [0.15, 0.2) is 24.5 Å². The highest BCUT2D eigenvalue weighted by molar-refractivity contribution is 5.30. The standard InChI is InChI=1S/C12H15NO2/c1-11(2,14)6-7-12(3,15)10-4-8-13-9-5-10/h4-5,8-9,14-15H,1-3H3/t12-/m1/s1. The quantitative estimate of drug-likeness (QED) is 0.674. The van der Waals surface area contributed by atoms with Gasteiger partial charge in [-0.3, -0.25) is 4.98 Å². The Bertz CT molecular complexity index is 380. The van der Waals surface area contributed by atoms with Crippen molar-refractivity contribution < 1.29 is 10.2 Å². The minimum atomic E-state index is -1.26. The summed E-state index contributed by atoms with van der Waals surface area (Å²) in [6, 6.07) is 3.39. The molecule has 2 N–H and O–H groups in total. The van der Waals surface area contributed by atoms with Gasteiger partial charge in [0, 0.05) is 12.4 Å². The molecule has 1 heterocycles. The first-order valence-corrected chi connectivity index (χ1v) is 4.71. The molecule has 0 bridgehead atoms. The van der Waals surface area contributed by atoms with Crippen LogP contribution in [0, 0.1) is 11.8 Å². The van der Waals surface area contributed by atoms with E-state index in [1.165, 1.54) is 0 Å². The lowest BCUT2D eigenvalue weighted by Gasteiger charge is -2.17. The average Bonchev–Trinajstić information content (AvgIpc) is 2.16. The summed E-state index contributed by atoms with van der Waals surface area (Å²) in [7, 11) is 0. The van der Waals surface area contributed by atoms with Gasteiger partial charge < -0.3 is 10.2 Å². The first kappa shape index (κ1) is 11.7. The monoisotopic (exact) mass is 205 g/mol. The normalized spacial score (nSPS) is 15.0. The lowest BCUT2D eigenvalue weighted by Crippen LogP contribution is -2.22. The fourth-order valence-electron chi connectivity index (χ4n) is 1.02. The van der Waals surface area contributed by atoms with Crippen molar-refractivity contribution in [2.24, 2.45) is 0 Å². The number of hydrogen-bond acceptors (Lipinski definition) is 3. The Hall–Kier alpha value is -1.37. The lowest BCUT2D eigenvalue weighted by atomic mass is 9.96. The van der Waals surface area contributed by atoms with Gasteiger partial charge in [-0.1, -0.05) is 11.8 Å². The van der Waals surface area contributed by atoms with Crippen molar-refractivity contribution in [3.05, 3.63) is 30.1 Å². The van der Waals surface area contributed by atoms with E-state index in [-0.39, 0.29) is 0 Å². The molecule has 1 atom stereocenters. The Morgan fingerprint density at radius 2 is 1.60 bits per heavy atom. The smallest absolute Gasteiger partial charge is 0.148 e. The Labute approximate surface area is 89.8 Å². The molecule has 0 aliphatic rings. The van der Waals surface area contributed by atoms with Crippen LogP contribution in [0.4, 0.5) is 0 Å². The van der Waals surface area contributed by atoms with Crippen LogP contribution in [-0.2, 0) is 5.60 Å². The Morgan fingerprint density at radius 3 is 2.07 bits per heavy atom.